The number of nitrogens with zero attached hydrogens (tertiary/aromatic N) is 1. The van der Waals surface area contributed by atoms with E-state index in [4.69, 9.17) is 11.6 Å². The van der Waals surface area contributed by atoms with Gasteiger partial charge in [-0.05, 0) is 19.2 Å². The monoisotopic (exact) mass is 217 g/mol. The number of nitro benzene ring substituents is 1. The van der Waals surface area contributed by atoms with Crippen molar-refractivity contribution >= 4 is 29.1 Å². The average molecular weight is 218 g/mol. The summed E-state index contributed by atoms with van der Waals surface area (Å²) >= 11 is 7.25. The summed E-state index contributed by atoms with van der Waals surface area (Å²) in [5.74, 6) is 0. The van der Waals surface area contributed by atoms with Crippen molar-refractivity contribution in [2.75, 3.05) is 6.26 Å². The molecule has 0 saturated heterocycles. The first kappa shape index (κ1) is 10.3. The Balaban J connectivity index is 3.38. The summed E-state index contributed by atoms with van der Waals surface area (Å²) in [6.45, 7) is 1.67. The first-order valence-electron chi connectivity index (χ1n) is 3.55. The van der Waals surface area contributed by atoms with Crippen molar-refractivity contribution in [2.45, 2.75) is 11.8 Å². The zero-order valence-corrected chi connectivity index (χ0v) is 8.78. The van der Waals surface area contributed by atoms with Crippen LogP contribution in [-0.4, -0.2) is 11.2 Å². The molecule has 0 fully saturated rings. The lowest BCUT2D eigenvalue weighted by atomic mass is 10.2. The van der Waals surface area contributed by atoms with Gasteiger partial charge < -0.3 is 0 Å². The minimum Gasteiger partial charge on any atom is -0.258 e. The van der Waals surface area contributed by atoms with E-state index in [2.05, 4.69) is 0 Å². The van der Waals surface area contributed by atoms with E-state index in [1.165, 1.54) is 11.8 Å². The predicted octanol–water partition coefficient (Wildman–Crippen LogP) is 3.28. The highest BCUT2D eigenvalue weighted by Crippen LogP contribution is 2.35. The first-order chi connectivity index (χ1) is 6.07. The summed E-state index contributed by atoms with van der Waals surface area (Å²) in [6.07, 6.45) is 1.83. The zero-order chi connectivity index (χ0) is 10.0. The van der Waals surface area contributed by atoms with Crippen LogP contribution in [0.15, 0.2) is 17.0 Å². The van der Waals surface area contributed by atoms with Crippen LogP contribution in [0, 0.1) is 17.0 Å². The van der Waals surface area contributed by atoms with Crippen LogP contribution in [0.4, 0.5) is 5.69 Å². The third kappa shape index (κ3) is 1.95. The summed E-state index contributed by atoms with van der Waals surface area (Å²) in [5.41, 5.74) is 0.598. The fourth-order valence-electron chi connectivity index (χ4n) is 1.02. The Kier molecular flexibility index (Phi) is 3.17. The van der Waals surface area contributed by atoms with Crippen molar-refractivity contribution in [3.63, 3.8) is 0 Å². The van der Waals surface area contributed by atoms with Gasteiger partial charge >= 0.3 is 0 Å². The first-order valence-corrected chi connectivity index (χ1v) is 5.15. The molecule has 0 radical (unpaired) electrons. The van der Waals surface area contributed by atoms with Gasteiger partial charge in [0.1, 0.15) is 5.02 Å². The highest BCUT2D eigenvalue weighted by atomic mass is 35.5. The fraction of sp³-hybridized carbons (Fsp3) is 0.250. The zero-order valence-electron chi connectivity index (χ0n) is 7.20. The molecule has 1 aromatic carbocycles. The Labute approximate surface area is 85.2 Å². The molecule has 5 heteroatoms. The second-order valence-corrected chi connectivity index (χ2v) is 3.73. The summed E-state index contributed by atoms with van der Waals surface area (Å²) in [7, 11) is 0. The van der Waals surface area contributed by atoms with Crippen LogP contribution in [0.25, 0.3) is 0 Å². The normalized spacial score (nSPS) is 10.1. The van der Waals surface area contributed by atoms with E-state index in [0.29, 0.717) is 5.56 Å². The number of hydrogen-bond acceptors (Lipinski definition) is 3. The summed E-state index contributed by atoms with van der Waals surface area (Å²) < 4.78 is 0. The van der Waals surface area contributed by atoms with E-state index in [-0.39, 0.29) is 10.7 Å². The number of halogens is 1. The lowest BCUT2D eigenvalue weighted by Crippen LogP contribution is -1.93. The topological polar surface area (TPSA) is 43.1 Å². The third-order valence-electron chi connectivity index (χ3n) is 1.68. The number of benzene rings is 1. The molecule has 0 amide bonds. The quantitative estimate of drug-likeness (QED) is 0.434. The lowest BCUT2D eigenvalue weighted by molar-refractivity contribution is -0.385. The molecule has 0 spiro atoms. The predicted molar refractivity (Wildman–Crippen MR) is 54.6 cm³/mol. The van der Waals surface area contributed by atoms with Gasteiger partial charge in [-0.2, -0.15) is 0 Å². The van der Waals surface area contributed by atoms with Gasteiger partial charge in [0.15, 0.2) is 0 Å². The van der Waals surface area contributed by atoms with E-state index in [0.717, 1.165) is 4.90 Å². The Morgan fingerprint density at radius 2 is 2.15 bits per heavy atom. The Hall–Kier alpha value is -0.740. The van der Waals surface area contributed by atoms with Crippen molar-refractivity contribution in [1.29, 1.82) is 0 Å². The van der Waals surface area contributed by atoms with E-state index in [1.54, 1.807) is 19.1 Å². The van der Waals surface area contributed by atoms with Crippen molar-refractivity contribution in [1.82, 2.24) is 0 Å². The lowest BCUT2D eigenvalue weighted by Gasteiger charge is -2.03. The largest absolute Gasteiger partial charge is 0.291 e. The van der Waals surface area contributed by atoms with Crippen molar-refractivity contribution in [3.05, 3.63) is 32.8 Å². The second kappa shape index (κ2) is 3.98. The van der Waals surface area contributed by atoms with Gasteiger partial charge in [-0.1, -0.05) is 17.7 Å². The van der Waals surface area contributed by atoms with Gasteiger partial charge in [-0.3, -0.25) is 10.1 Å². The molecule has 0 aliphatic heterocycles. The molecule has 0 aromatic heterocycles. The van der Waals surface area contributed by atoms with Crippen LogP contribution >= 0.6 is 23.4 Å². The highest BCUT2D eigenvalue weighted by molar-refractivity contribution is 7.98. The fourth-order valence-corrected chi connectivity index (χ4v) is 2.02. The maximum absolute atomic E-state index is 10.6. The third-order valence-corrected chi connectivity index (χ3v) is 2.96. The van der Waals surface area contributed by atoms with E-state index < -0.39 is 4.92 Å². The number of thioether (sulfide) groups is 1. The molecule has 0 heterocycles. The van der Waals surface area contributed by atoms with Crippen molar-refractivity contribution < 1.29 is 4.92 Å². The summed E-state index contributed by atoms with van der Waals surface area (Å²) in [6, 6.07) is 3.49. The molecule has 0 bridgehead atoms. The van der Waals surface area contributed by atoms with Gasteiger partial charge in [0.2, 0.25) is 0 Å². The van der Waals surface area contributed by atoms with E-state index >= 15 is 0 Å². The van der Waals surface area contributed by atoms with E-state index in [9.17, 15) is 10.1 Å². The van der Waals surface area contributed by atoms with Crippen LogP contribution < -0.4 is 0 Å². The van der Waals surface area contributed by atoms with Gasteiger partial charge in [-0.15, -0.1) is 11.8 Å². The molecule has 0 atom stereocenters. The van der Waals surface area contributed by atoms with Gasteiger partial charge in [0.05, 0.1) is 4.92 Å². The number of nitro groups is 1. The maximum Gasteiger partial charge on any atom is 0.291 e. The summed E-state index contributed by atoms with van der Waals surface area (Å²) in [5, 5.41) is 10.9. The van der Waals surface area contributed by atoms with Gasteiger partial charge in [0, 0.05) is 10.5 Å². The molecule has 0 saturated carbocycles. The highest BCUT2D eigenvalue weighted by Gasteiger charge is 2.18. The summed E-state index contributed by atoms with van der Waals surface area (Å²) in [4.78, 5) is 10.9. The SMILES string of the molecule is CSc1ccc(C)c([N+](=O)[O-])c1Cl. The van der Waals surface area contributed by atoms with Crippen LogP contribution in [0.2, 0.25) is 5.02 Å². The number of hydrogen-bond donors (Lipinski definition) is 0. The van der Waals surface area contributed by atoms with Gasteiger partial charge in [-0.25, -0.2) is 0 Å². The van der Waals surface area contributed by atoms with Crippen LogP contribution in [0.1, 0.15) is 5.56 Å². The molecule has 70 valence electrons. The molecule has 0 aliphatic carbocycles. The molecule has 3 nitrogen and oxygen atoms in total. The van der Waals surface area contributed by atoms with E-state index in [1.807, 2.05) is 6.26 Å². The average Bonchev–Trinajstić information content (AvgIpc) is 2.04. The van der Waals surface area contributed by atoms with Crippen LogP contribution in [0.3, 0.4) is 0 Å². The Morgan fingerprint density at radius 1 is 1.54 bits per heavy atom. The molecule has 0 unspecified atom stereocenters. The smallest absolute Gasteiger partial charge is 0.258 e. The van der Waals surface area contributed by atoms with Crippen LogP contribution in [-0.2, 0) is 0 Å². The van der Waals surface area contributed by atoms with Crippen molar-refractivity contribution in [3.8, 4) is 0 Å². The minimum absolute atomic E-state index is 0.00789. The minimum atomic E-state index is -0.447. The molecule has 13 heavy (non-hydrogen) atoms. The molecular formula is C8H8ClNO2S. The van der Waals surface area contributed by atoms with Crippen molar-refractivity contribution in [2.24, 2.45) is 0 Å². The molecule has 1 rings (SSSR count). The maximum atomic E-state index is 10.6. The Bertz CT molecular complexity index is 354. The standard InChI is InChI=1S/C8H8ClNO2S/c1-5-3-4-6(13-2)7(9)8(5)10(11)12/h3-4H,1-2H3. The second-order valence-electron chi connectivity index (χ2n) is 2.50. The molecule has 0 aliphatic rings. The molecule has 1 aromatic rings. The number of rotatable bonds is 2. The molecular weight excluding hydrogens is 210 g/mol. The van der Waals surface area contributed by atoms with Crippen LogP contribution in [0.5, 0.6) is 0 Å². The van der Waals surface area contributed by atoms with Gasteiger partial charge in [0.25, 0.3) is 5.69 Å². The molecule has 0 N–H and O–H groups in total. The Morgan fingerprint density at radius 3 is 2.62 bits per heavy atom. The number of aryl methyl sites for hydroxylation is 1.